The van der Waals surface area contributed by atoms with Crippen LogP contribution in [0.1, 0.15) is 62.4 Å². The summed E-state index contributed by atoms with van der Waals surface area (Å²) in [6, 6.07) is 11.9. The Labute approximate surface area is 221 Å². The summed E-state index contributed by atoms with van der Waals surface area (Å²) in [4.78, 5) is 30.2. The topological polar surface area (TPSA) is 98.0 Å². The van der Waals surface area contributed by atoms with Crippen LogP contribution in [0.15, 0.2) is 52.4 Å². The van der Waals surface area contributed by atoms with Crippen molar-refractivity contribution >= 4 is 43.5 Å². The van der Waals surface area contributed by atoms with Crippen LogP contribution >= 0.6 is 11.3 Å². The summed E-state index contributed by atoms with van der Waals surface area (Å²) in [5.74, 6) is -0.915. The molecule has 1 amide bonds. The number of hydrogen-bond acceptors (Lipinski definition) is 6. The van der Waals surface area contributed by atoms with Gasteiger partial charge in [0.15, 0.2) is 4.80 Å². The van der Waals surface area contributed by atoms with Gasteiger partial charge >= 0.3 is 5.97 Å². The zero-order chi connectivity index (χ0) is 26.6. The third kappa shape index (κ3) is 5.86. The van der Waals surface area contributed by atoms with E-state index in [4.69, 9.17) is 4.74 Å². The highest BCUT2D eigenvalue weighted by Gasteiger charge is 2.32. The first-order chi connectivity index (χ1) is 17.8. The van der Waals surface area contributed by atoms with Gasteiger partial charge < -0.3 is 9.30 Å². The molecule has 1 aromatic heterocycles. The molecule has 1 aliphatic heterocycles. The highest BCUT2D eigenvalue weighted by molar-refractivity contribution is 7.89. The number of carbonyl (C=O) groups excluding carboxylic acids is 2. The molecule has 2 aromatic carbocycles. The van der Waals surface area contributed by atoms with Gasteiger partial charge in [-0.3, -0.25) is 9.59 Å². The van der Waals surface area contributed by atoms with Gasteiger partial charge in [-0.05, 0) is 74.6 Å². The Morgan fingerprint density at radius 3 is 2.51 bits per heavy atom. The average Bonchev–Trinajstić information content (AvgIpc) is 3.24. The van der Waals surface area contributed by atoms with Gasteiger partial charge in [-0.25, -0.2) is 8.42 Å². The van der Waals surface area contributed by atoms with E-state index in [0.717, 1.165) is 47.9 Å². The molecular formula is C27H33N3O5S2. The van der Waals surface area contributed by atoms with Crippen molar-refractivity contribution in [1.29, 1.82) is 0 Å². The number of nitrogens with zero attached hydrogens (tertiary/aromatic N) is 3. The molecule has 10 heteroatoms. The molecular weight excluding hydrogens is 510 g/mol. The monoisotopic (exact) mass is 543 g/mol. The molecule has 4 rings (SSSR count). The molecule has 0 saturated carbocycles. The number of piperidine rings is 1. The number of thiazole rings is 1. The summed E-state index contributed by atoms with van der Waals surface area (Å²) < 4.78 is 35.8. The van der Waals surface area contributed by atoms with Gasteiger partial charge in [0.05, 0.1) is 21.7 Å². The van der Waals surface area contributed by atoms with E-state index in [0.29, 0.717) is 11.3 Å². The molecule has 198 valence electrons. The zero-order valence-electron chi connectivity index (χ0n) is 21.5. The molecule has 0 N–H and O–H groups in total. The Morgan fingerprint density at radius 2 is 1.84 bits per heavy atom. The SMILES string of the molecule is CCOC(=O)Cn1c(=NC(=O)c2ccc(S(=O)(=O)N3CCCCC3CC)cc2)sc2cc(CC)ccc21. The van der Waals surface area contributed by atoms with Crippen molar-refractivity contribution in [2.24, 2.45) is 4.99 Å². The van der Waals surface area contributed by atoms with Crippen molar-refractivity contribution in [1.82, 2.24) is 8.87 Å². The van der Waals surface area contributed by atoms with Gasteiger partial charge in [0, 0.05) is 18.2 Å². The van der Waals surface area contributed by atoms with Gasteiger partial charge in [-0.2, -0.15) is 9.30 Å². The molecule has 0 spiro atoms. The van der Waals surface area contributed by atoms with Gasteiger partial charge in [0.25, 0.3) is 5.91 Å². The number of rotatable bonds is 8. The smallest absolute Gasteiger partial charge is 0.326 e. The minimum absolute atomic E-state index is 0.00564. The van der Waals surface area contributed by atoms with E-state index >= 15 is 0 Å². The summed E-state index contributed by atoms with van der Waals surface area (Å²) >= 11 is 1.33. The number of amides is 1. The standard InChI is InChI=1S/C27H33N3O5S2/c1-4-19-10-15-23-24(17-19)36-27(29(23)18-25(31)35-6-3)28-26(32)20-11-13-22(14-12-20)37(33,34)30-16-8-7-9-21(30)5-2/h10-15,17,21H,4-9,16,18H2,1-3H3. The van der Waals surface area contributed by atoms with E-state index in [1.165, 1.54) is 35.6 Å². The number of aryl methyl sites for hydroxylation is 1. The predicted octanol–water partition coefficient (Wildman–Crippen LogP) is 4.52. The highest BCUT2D eigenvalue weighted by atomic mass is 32.2. The van der Waals surface area contributed by atoms with Crippen LogP contribution in [0, 0.1) is 0 Å². The van der Waals surface area contributed by atoms with Gasteiger partial charge in [0.1, 0.15) is 6.54 Å². The van der Waals surface area contributed by atoms with E-state index in [1.54, 1.807) is 15.8 Å². The normalized spacial score (nSPS) is 17.3. The summed E-state index contributed by atoms with van der Waals surface area (Å²) in [7, 11) is -3.64. The number of fused-ring (bicyclic) bond motifs is 1. The van der Waals surface area contributed by atoms with Gasteiger partial charge in [0.2, 0.25) is 10.0 Å². The van der Waals surface area contributed by atoms with Crippen LogP contribution in [0.4, 0.5) is 0 Å². The third-order valence-electron chi connectivity index (χ3n) is 6.70. The number of aromatic nitrogens is 1. The van der Waals surface area contributed by atoms with Crippen molar-refractivity contribution < 1.29 is 22.7 Å². The summed E-state index contributed by atoms with van der Waals surface area (Å²) in [6.45, 7) is 6.54. The molecule has 3 aromatic rings. The second-order valence-electron chi connectivity index (χ2n) is 9.05. The van der Waals surface area contributed by atoms with Crippen LogP contribution in [0.3, 0.4) is 0 Å². The molecule has 1 unspecified atom stereocenters. The average molecular weight is 544 g/mol. The van der Waals surface area contributed by atoms with Crippen molar-refractivity contribution in [2.45, 2.75) is 70.4 Å². The molecule has 2 heterocycles. The van der Waals surface area contributed by atoms with Crippen LogP contribution in [0.2, 0.25) is 0 Å². The fourth-order valence-electron chi connectivity index (χ4n) is 4.67. The Kier molecular flexibility index (Phi) is 8.61. The zero-order valence-corrected chi connectivity index (χ0v) is 23.1. The summed E-state index contributed by atoms with van der Waals surface area (Å²) in [5.41, 5.74) is 2.22. The molecule has 1 aliphatic rings. The number of carbonyl (C=O) groups is 2. The Hall–Kier alpha value is -2.82. The molecule has 37 heavy (non-hydrogen) atoms. The largest absolute Gasteiger partial charge is 0.465 e. The lowest BCUT2D eigenvalue weighted by Crippen LogP contribution is -2.43. The van der Waals surface area contributed by atoms with Crippen LogP contribution in [-0.2, 0) is 32.5 Å². The minimum Gasteiger partial charge on any atom is -0.465 e. The predicted molar refractivity (Wildman–Crippen MR) is 144 cm³/mol. The van der Waals surface area contributed by atoms with Gasteiger partial charge in [-0.1, -0.05) is 37.7 Å². The fourth-order valence-corrected chi connectivity index (χ4v) is 7.52. The molecule has 1 saturated heterocycles. The van der Waals surface area contributed by atoms with E-state index < -0.39 is 21.9 Å². The first kappa shape index (κ1) is 27.2. The number of hydrogen-bond donors (Lipinski definition) is 0. The Balaban J connectivity index is 1.66. The van der Waals surface area contributed by atoms with E-state index in [2.05, 4.69) is 11.9 Å². The van der Waals surface area contributed by atoms with Crippen molar-refractivity contribution in [3.63, 3.8) is 0 Å². The second kappa shape index (κ2) is 11.7. The molecule has 0 bridgehead atoms. The van der Waals surface area contributed by atoms with Gasteiger partial charge in [-0.15, -0.1) is 0 Å². The molecule has 0 radical (unpaired) electrons. The second-order valence-corrected chi connectivity index (χ2v) is 11.9. The van der Waals surface area contributed by atoms with Crippen LogP contribution in [-0.4, -0.2) is 48.4 Å². The third-order valence-corrected chi connectivity index (χ3v) is 9.70. The quantitative estimate of drug-likeness (QED) is 0.389. The van der Waals surface area contributed by atoms with Crippen molar-refractivity contribution in [3.05, 3.63) is 58.4 Å². The van der Waals surface area contributed by atoms with E-state index in [-0.39, 0.29) is 29.7 Å². The Bertz CT molecular complexity index is 1460. The van der Waals surface area contributed by atoms with Crippen LogP contribution in [0.25, 0.3) is 10.2 Å². The summed E-state index contributed by atoms with van der Waals surface area (Å²) in [5, 5.41) is 0. The molecule has 0 aliphatic carbocycles. The number of esters is 1. The number of ether oxygens (including phenoxy) is 1. The molecule has 1 atom stereocenters. The van der Waals surface area contributed by atoms with E-state index in [9.17, 15) is 18.0 Å². The van der Waals surface area contributed by atoms with Crippen molar-refractivity contribution in [2.75, 3.05) is 13.2 Å². The fraction of sp³-hybridized carbons (Fsp3) is 0.444. The number of sulfonamides is 1. The lowest BCUT2D eigenvalue weighted by Gasteiger charge is -2.34. The molecule has 1 fully saturated rings. The maximum Gasteiger partial charge on any atom is 0.326 e. The minimum atomic E-state index is -3.64. The maximum atomic E-state index is 13.3. The first-order valence-electron chi connectivity index (χ1n) is 12.8. The number of benzene rings is 2. The maximum absolute atomic E-state index is 13.3. The lowest BCUT2D eigenvalue weighted by atomic mass is 10.0. The van der Waals surface area contributed by atoms with Crippen LogP contribution < -0.4 is 4.80 Å². The summed E-state index contributed by atoms with van der Waals surface area (Å²) in [6.07, 6.45) is 4.39. The molecule has 8 nitrogen and oxygen atoms in total. The highest BCUT2D eigenvalue weighted by Crippen LogP contribution is 2.27. The van der Waals surface area contributed by atoms with Crippen molar-refractivity contribution in [3.8, 4) is 0 Å². The lowest BCUT2D eigenvalue weighted by molar-refractivity contribution is -0.143. The Morgan fingerprint density at radius 1 is 1.08 bits per heavy atom. The first-order valence-corrected chi connectivity index (χ1v) is 15.0. The van der Waals surface area contributed by atoms with E-state index in [1.807, 2.05) is 25.1 Å². The van der Waals surface area contributed by atoms with Crippen LogP contribution in [0.5, 0.6) is 0 Å².